The summed E-state index contributed by atoms with van der Waals surface area (Å²) in [7, 11) is 0. The molecule has 0 aliphatic heterocycles. The van der Waals surface area contributed by atoms with E-state index in [0.29, 0.717) is 18.6 Å². The SMILES string of the molecule is NC(CO)C1CCCC(=O)C1. The van der Waals surface area contributed by atoms with E-state index in [0.717, 1.165) is 12.8 Å². The molecule has 0 aromatic carbocycles. The van der Waals surface area contributed by atoms with E-state index in [1.165, 1.54) is 0 Å². The molecule has 3 heteroatoms. The van der Waals surface area contributed by atoms with Gasteiger partial charge < -0.3 is 10.8 Å². The summed E-state index contributed by atoms with van der Waals surface area (Å²) in [5.41, 5.74) is 5.61. The number of rotatable bonds is 2. The molecule has 1 saturated carbocycles. The molecular formula is C8H15NO2. The average molecular weight is 157 g/mol. The van der Waals surface area contributed by atoms with Crippen molar-refractivity contribution in [2.24, 2.45) is 11.7 Å². The fraction of sp³-hybridized carbons (Fsp3) is 0.875. The van der Waals surface area contributed by atoms with Crippen LogP contribution >= 0.6 is 0 Å². The van der Waals surface area contributed by atoms with Crippen molar-refractivity contribution >= 4 is 5.78 Å². The number of hydrogen-bond acceptors (Lipinski definition) is 3. The van der Waals surface area contributed by atoms with Gasteiger partial charge in [0.2, 0.25) is 0 Å². The Morgan fingerprint density at radius 1 is 1.73 bits per heavy atom. The normalized spacial score (nSPS) is 28.5. The minimum Gasteiger partial charge on any atom is -0.395 e. The summed E-state index contributed by atoms with van der Waals surface area (Å²) in [4.78, 5) is 11.0. The highest BCUT2D eigenvalue weighted by Gasteiger charge is 2.23. The third kappa shape index (κ3) is 2.27. The first-order valence-electron chi connectivity index (χ1n) is 4.12. The predicted octanol–water partition coefficient (Wildman–Crippen LogP) is 0.0653. The zero-order valence-electron chi connectivity index (χ0n) is 6.62. The van der Waals surface area contributed by atoms with Crippen molar-refractivity contribution in [1.29, 1.82) is 0 Å². The summed E-state index contributed by atoms with van der Waals surface area (Å²) in [6.45, 7) is -0.00204. The molecule has 0 amide bonds. The van der Waals surface area contributed by atoms with E-state index in [9.17, 15) is 4.79 Å². The standard InChI is InChI=1S/C8H15NO2/c9-8(5-10)6-2-1-3-7(11)4-6/h6,8,10H,1-5,9H2. The molecule has 2 unspecified atom stereocenters. The number of carbonyl (C=O) groups excluding carboxylic acids is 1. The molecule has 1 fully saturated rings. The molecule has 3 N–H and O–H groups in total. The van der Waals surface area contributed by atoms with Crippen LogP contribution in [0.5, 0.6) is 0 Å². The maximum atomic E-state index is 11.0. The van der Waals surface area contributed by atoms with Gasteiger partial charge in [-0.1, -0.05) is 0 Å². The Morgan fingerprint density at radius 3 is 3.00 bits per heavy atom. The van der Waals surface area contributed by atoms with Crippen LogP contribution in [-0.2, 0) is 4.79 Å². The first kappa shape index (κ1) is 8.68. The minimum atomic E-state index is -0.195. The maximum Gasteiger partial charge on any atom is 0.133 e. The van der Waals surface area contributed by atoms with Gasteiger partial charge in [-0.25, -0.2) is 0 Å². The Morgan fingerprint density at radius 2 is 2.45 bits per heavy atom. The number of Topliss-reactive ketones (excluding diaryl/α,β-unsaturated/α-hetero) is 1. The lowest BCUT2D eigenvalue weighted by atomic mass is 9.84. The molecule has 0 bridgehead atoms. The van der Waals surface area contributed by atoms with E-state index in [1.807, 2.05) is 0 Å². The topological polar surface area (TPSA) is 63.3 Å². The Bertz CT molecular complexity index is 147. The number of aliphatic hydroxyl groups excluding tert-OH is 1. The molecular weight excluding hydrogens is 142 g/mol. The van der Waals surface area contributed by atoms with Gasteiger partial charge in [0.15, 0.2) is 0 Å². The smallest absolute Gasteiger partial charge is 0.133 e. The van der Waals surface area contributed by atoms with Gasteiger partial charge in [0.1, 0.15) is 5.78 Å². The lowest BCUT2D eigenvalue weighted by Crippen LogP contribution is -2.36. The number of carbonyl (C=O) groups is 1. The van der Waals surface area contributed by atoms with Crippen LogP contribution < -0.4 is 5.73 Å². The second kappa shape index (κ2) is 3.83. The Balaban J connectivity index is 2.39. The van der Waals surface area contributed by atoms with Crippen LogP contribution in [-0.4, -0.2) is 23.5 Å². The quantitative estimate of drug-likeness (QED) is 0.596. The molecule has 0 spiro atoms. The summed E-state index contributed by atoms with van der Waals surface area (Å²) >= 11 is 0. The van der Waals surface area contributed by atoms with Crippen molar-refractivity contribution in [2.75, 3.05) is 6.61 Å². The van der Waals surface area contributed by atoms with Gasteiger partial charge in [-0.3, -0.25) is 4.79 Å². The third-order valence-electron chi connectivity index (χ3n) is 2.34. The van der Waals surface area contributed by atoms with Crippen LogP contribution in [0.25, 0.3) is 0 Å². The van der Waals surface area contributed by atoms with Crippen LogP contribution in [0.1, 0.15) is 25.7 Å². The highest BCUT2D eigenvalue weighted by atomic mass is 16.3. The number of ketones is 1. The molecule has 2 atom stereocenters. The number of nitrogens with two attached hydrogens (primary N) is 1. The lowest BCUT2D eigenvalue weighted by molar-refractivity contribution is -0.121. The zero-order valence-corrected chi connectivity index (χ0v) is 6.62. The molecule has 0 aromatic rings. The van der Waals surface area contributed by atoms with Crippen molar-refractivity contribution in [3.8, 4) is 0 Å². The Kier molecular flexibility index (Phi) is 3.02. The number of aliphatic hydroxyl groups is 1. The van der Waals surface area contributed by atoms with E-state index < -0.39 is 0 Å². The second-order valence-electron chi connectivity index (χ2n) is 3.24. The van der Waals surface area contributed by atoms with Gasteiger partial charge in [-0.05, 0) is 18.8 Å². The average Bonchev–Trinajstić information content (AvgIpc) is 2.03. The van der Waals surface area contributed by atoms with Gasteiger partial charge in [0.05, 0.1) is 6.61 Å². The lowest BCUT2D eigenvalue weighted by Gasteiger charge is -2.24. The molecule has 0 radical (unpaired) electrons. The van der Waals surface area contributed by atoms with Gasteiger partial charge in [0.25, 0.3) is 0 Å². The summed E-state index contributed by atoms with van der Waals surface area (Å²) < 4.78 is 0. The molecule has 0 aromatic heterocycles. The first-order valence-corrected chi connectivity index (χ1v) is 4.12. The van der Waals surface area contributed by atoms with Crippen molar-refractivity contribution in [3.05, 3.63) is 0 Å². The molecule has 11 heavy (non-hydrogen) atoms. The maximum absolute atomic E-state index is 11.0. The van der Waals surface area contributed by atoms with Crippen molar-refractivity contribution in [1.82, 2.24) is 0 Å². The van der Waals surface area contributed by atoms with E-state index in [-0.39, 0.29) is 18.6 Å². The van der Waals surface area contributed by atoms with E-state index in [1.54, 1.807) is 0 Å². The fourth-order valence-electron chi connectivity index (χ4n) is 1.57. The highest BCUT2D eigenvalue weighted by Crippen LogP contribution is 2.22. The van der Waals surface area contributed by atoms with Crippen LogP contribution in [0.2, 0.25) is 0 Å². The summed E-state index contributed by atoms with van der Waals surface area (Å²) in [5, 5.41) is 8.74. The fourth-order valence-corrected chi connectivity index (χ4v) is 1.57. The van der Waals surface area contributed by atoms with Crippen LogP contribution in [0, 0.1) is 5.92 Å². The van der Waals surface area contributed by atoms with Crippen LogP contribution in [0.3, 0.4) is 0 Å². The molecule has 0 saturated heterocycles. The van der Waals surface area contributed by atoms with Crippen molar-refractivity contribution in [2.45, 2.75) is 31.7 Å². The predicted molar refractivity (Wildman–Crippen MR) is 42.0 cm³/mol. The van der Waals surface area contributed by atoms with Crippen LogP contribution in [0.15, 0.2) is 0 Å². The van der Waals surface area contributed by atoms with Gasteiger partial charge in [-0.15, -0.1) is 0 Å². The molecule has 1 aliphatic carbocycles. The molecule has 1 aliphatic rings. The van der Waals surface area contributed by atoms with Crippen LogP contribution in [0.4, 0.5) is 0 Å². The van der Waals surface area contributed by atoms with E-state index in [2.05, 4.69) is 0 Å². The Labute approximate surface area is 66.6 Å². The molecule has 64 valence electrons. The first-order chi connectivity index (χ1) is 5.24. The summed E-state index contributed by atoms with van der Waals surface area (Å²) in [6.07, 6.45) is 3.21. The number of hydrogen-bond donors (Lipinski definition) is 2. The van der Waals surface area contributed by atoms with Crippen molar-refractivity contribution < 1.29 is 9.90 Å². The van der Waals surface area contributed by atoms with E-state index in [4.69, 9.17) is 10.8 Å². The van der Waals surface area contributed by atoms with Gasteiger partial charge >= 0.3 is 0 Å². The third-order valence-corrected chi connectivity index (χ3v) is 2.34. The zero-order chi connectivity index (χ0) is 8.27. The molecule has 3 nitrogen and oxygen atoms in total. The van der Waals surface area contributed by atoms with E-state index >= 15 is 0 Å². The van der Waals surface area contributed by atoms with Gasteiger partial charge in [0, 0.05) is 18.9 Å². The van der Waals surface area contributed by atoms with Gasteiger partial charge in [-0.2, -0.15) is 0 Å². The van der Waals surface area contributed by atoms with Crippen molar-refractivity contribution in [3.63, 3.8) is 0 Å². The largest absolute Gasteiger partial charge is 0.395 e. The monoisotopic (exact) mass is 157 g/mol. The molecule has 1 rings (SSSR count). The molecule has 0 heterocycles. The minimum absolute atomic E-state index is 0.00204. The summed E-state index contributed by atoms with van der Waals surface area (Å²) in [6, 6.07) is -0.195. The second-order valence-corrected chi connectivity index (χ2v) is 3.24. The Hall–Kier alpha value is -0.410. The highest BCUT2D eigenvalue weighted by molar-refractivity contribution is 5.79. The summed E-state index contributed by atoms with van der Waals surface area (Å²) in [5.74, 6) is 0.520.